The molecular weight excluding hydrogens is 283 g/mol. The molecule has 20 heavy (non-hydrogen) atoms. The van der Waals surface area contributed by atoms with Crippen LogP contribution >= 0.6 is 11.6 Å². The first-order valence-corrected chi connectivity index (χ1v) is 6.31. The summed E-state index contributed by atoms with van der Waals surface area (Å²) in [6.07, 6.45) is 0. The predicted octanol–water partition coefficient (Wildman–Crippen LogP) is 4.56. The van der Waals surface area contributed by atoms with E-state index in [0.717, 1.165) is 0 Å². The van der Waals surface area contributed by atoms with Crippen molar-refractivity contribution in [2.24, 2.45) is 0 Å². The molecule has 104 valence electrons. The van der Waals surface area contributed by atoms with Gasteiger partial charge in [-0.3, -0.25) is 10.1 Å². The van der Waals surface area contributed by atoms with Gasteiger partial charge in [0.2, 0.25) is 0 Å². The lowest BCUT2D eigenvalue weighted by atomic mass is 10.1. The predicted molar refractivity (Wildman–Crippen MR) is 76.5 cm³/mol. The molecule has 0 fully saturated rings. The summed E-state index contributed by atoms with van der Waals surface area (Å²) in [7, 11) is 0. The molecule has 2 aromatic carbocycles. The van der Waals surface area contributed by atoms with Crippen LogP contribution in [0, 0.1) is 15.9 Å². The summed E-state index contributed by atoms with van der Waals surface area (Å²) in [4.78, 5) is 10.1. The molecule has 2 aromatic rings. The van der Waals surface area contributed by atoms with E-state index in [-0.39, 0.29) is 22.6 Å². The smallest absolute Gasteiger partial charge is 0.271 e. The first-order valence-electron chi connectivity index (χ1n) is 5.94. The number of benzene rings is 2. The third-order valence-corrected chi connectivity index (χ3v) is 3.22. The minimum atomic E-state index is -0.518. The Morgan fingerprint density at radius 3 is 2.60 bits per heavy atom. The van der Waals surface area contributed by atoms with Gasteiger partial charge in [0.25, 0.3) is 5.69 Å². The summed E-state index contributed by atoms with van der Waals surface area (Å²) in [5.74, 6) is -0.314. The second-order valence-corrected chi connectivity index (χ2v) is 4.72. The number of anilines is 1. The lowest BCUT2D eigenvalue weighted by Crippen LogP contribution is -2.08. The van der Waals surface area contributed by atoms with Crippen molar-refractivity contribution >= 4 is 23.0 Å². The molecule has 1 unspecified atom stereocenters. The fourth-order valence-electron chi connectivity index (χ4n) is 1.87. The van der Waals surface area contributed by atoms with Crippen molar-refractivity contribution in [3.63, 3.8) is 0 Å². The molecule has 2 rings (SSSR count). The molecule has 1 N–H and O–H groups in total. The molecule has 1 atom stereocenters. The Labute approximate surface area is 120 Å². The number of hydrogen-bond acceptors (Lipinski definition) is 3. The van der Waals surface area contributed by atoms with Gasteiger partial charge < -0.3 is 5.32 Å². The molecule has 0 spiro atoms. The van der Waals surface area contributed by atoms with Crippen molar-refractivity contribution in [1.82, 2.24) is 0 Å². The van der Waals surface area contributed by atoms with Gasteiger partial charge in [-0.05, 0) is 19.1 Å². The Hall–Kier alpha value is -2.14. The molecule has 0 aliphatic carbocycles. The van der Waals surface area contributed by atoms with Gasteiger partial charge in [-0.15, -0.1) is 0 Å². The zero-order chi connectivity index (χ0) is 14.7. The van der Waals surface area contributed by atoms with E-state index in [0.29, 0.717) is 11.3 Å². The van der Waals surface area contributed by atoms with Crippen molar-refractivity contribution < 1.29 is 9.31 Å². The van der Waals surface area contributed by atoms with Gasteiger partial charge in [0, 0.05) is 17.7 Å². The van der Waals surface area contributed by atoms with Crippen molar-refractivity contribution in [3.05, 3.63) is 69.0 Å². The number of nitro benzene ring substituents is 1. The van der Waals surface area contributed by atoms with Gasteiger partial charge in [-0.1, -0.05) is 29.8 Å². The topological polar surface area (TPSA) is 55.2 Å². The van der Waals surface area contributed by atoms with Gasteiger partial charge in [0.15, 0.2) is 0 Å². The minimum absolute atomic E-state index is 0.0842. The molecule has 0 aliphatic heterocycles. The fraction of sp³-hybridized carbons (Fsp3) is 0.143. The van der Waals surface area contributed by atoms with Crippen LogP contribution in [0.5, 0.6) is 0 Å². The molecule has 0 bridgehead atoms. The highest BCUT2D eigenvalue weighted by Crippen LogP contribution is 2.30. The normalized spacial score (nSPS) is 11.9. The number of halogens is 2. The summed E-state index contributed by atoms with van der Waals surface area (Å²) in [6.45, 7) is 1.79. The monoisotopic (exact) mass is 294 g/mol. The van der Waals surface area contributed by atoms with Crippen LogP contribution in [0.4, 0.5) is 15.8 Å². The zero-order valence-corrected chi connectivity index (χ0v) is 11.4. The molecule has 0 heterocycles. The van der Waals surface area contributed by atoms with Gasteiger partial charge in [0.05, 0.1) is 21.7 Å². The summed E-state index contributed by atoms with van der Waals surface area (Å²) in [5.41, 5.74) is 0.939. The molecule has 0 saturated carbocycles. The van der Waals surface area contributed by atoms with E-state index in [2.05, 4.69) is 5.32 Å². The quantitative estimate of drug-likeness (QED) is 0.664. The lowest BCUT2D eigenvalue weighted by Gasteiger charge is -2.17. The van der Waals surface area contributed by atoms with E-state index in [4.69, 9.17) is 11.6 Å². The fourth-order valence-corrected chi connectivity index (χ4v) is 2.10. The van der Waals surface area contributed by atoms with E-state index in [1.165, 1.54) is 24.3 Å². The van der Waals surface area contributed by atoms with Crippen LogP contribution in [0.25, 0.3) is 0 Å². The van der Waals surface area contributed by atoms with E-state index in [9.17, 15) is 14.5 Å². The summed E-state index contributed by atoms with van der Waals surface area (Å²) in [6, 6.07) is 10.2. The van der Waals surface area contributed by atoms with Crippen LogP contribution < -0.4 is 5.32 Å². The Morgan fingerprint density at radius 1 is 1.30 bits per heavy atom. The Kier molecular flexibility index (Phi) is 4.20. The SMILES string of the molecule is CC(Nc1ccc([N+](=O)[O-])cc1Cl)c1ccccc1F. The van der Waals surface area contributed by atoms with Crippen LogP contribution in [-0.4, -0.2) is 4.92 Å². The van der Waals surface area contributed by atoms with E-state index in [1.54, 1.807) is 25.1 Å². The third-order valence-electron chi connectivity index (χ3n) is 2.91. The van der Waals surface area contributed by atoms with E-state index < -0.39 is 4.92 Å². The highest BCUT2D eigenvalue weighted by Gasteiger charge is 2.14. The van der Waals surface area contributed by atoms with Crippen LogP contribution in [0.2, 0.25) is 5.02 Å². The lowest BCUT2D eigenvalue weighted by molar-refractivity contribution is -0.384. The molecule has 0 aliphatic rings. The molecule has 0 aromatic heterocycles. The zero-order valence-electron chi connectivity index (χ0n) is 10.6. The summed E-state index contributed by atoms with van der Waals surface area (Å²) in [5, 5.41) is 13.9. The van der Waals surface area contributed by atoms with Crippen LogP contribution in [0.15, 0.2) is 42.5 Å². The minimum Gasteiger partial charge on any atom is -0.377 e. The average Bonchev–Trinajstić information content (AvgIpc) is 2.41. The number of nitro groups is 1. The third kappa shape index (κ3) is 3.05. The van der Waals surface area contributed by atoms with Gasteiger partial charge in [0.1, 0.15) is 5.82 Å². The summed E-state index contributed by atoms with van der Waals surface area (Å²) >= 11 is 5.98. The van der Waals surface area contributed by atoms with Crippen molar-refractivity contribution in [2.75, 3.05) is 5.32 Å². The maximum Gasteiger partial charge on any atom is 0.271 e. The highest BCUT2D eigenvalue weighted by molar-refractivity contribution is 6.33. The van der Waals surface area contributed by atoms with E-state index in [1.807, 2.05) is 0 Å². The van der Waals surface area contributed by atoms with Crippen LogP contribution in [0.3, 0.4) is 0 Å². The maximum atomic E-state index is 13.7. The first kappa shape index (κ1) is 14.3. The van der Waals surface area contributed by atoms with E-state index >= 15 is 0 Å². The largest absolute Gasteiger partial charge is 0.377 e. The van der Waals surface area contributed by atoms with Gasteiger partial charge in [-0.2, -0.15) is 0 Å². The standard InChI is InChI=1S/C14H12ClFN2O2/c1-9(11-4-2-3-5-13(11)16)17-14-7-6-10(18(19)20)8-12(14)15/h2-9,17H,1H3. The second-order valence-electron chi connectivity index (χ2n) is 4.31. The molecular formula is C14H12ClFN2O2. The second kappa shape index (κ2) is 5.88. The molecule has 6 heteroatoms. The number of nitrogens with one attached hydrogen (secondary N) is 1. The Morgan fingerprint density at radius 2 is 2.00 bits per heavy atom. The molecule has 4 nitrogen and oxygen atoms in total. The number of nitrogens with zero attached hydrogens (tertiary/aromatic N) is 1. The molecule has 0 saturated heterocycles. The number of rotatable bonds is 4. The number of hydrogen-bond donors (Lipinski definition) is 1. The molecule has 0 radical (unpaired) electrons. The van der Waals surface area contributed by atoms with Crippen molar-refractivity contribution in [2.45, 2.75) is 13.0 Å². The first-order chi connectivity index (χ1) is 9.49. The Bertz CT molecular complexity index is 649. The van der Waals surface area contributed by atoms with Gasteiger partial charge >= 0.3 is 0 Å². The maximum absolute atomic E-state index is 13.7. The van der Waals surface area contributed by atoms with Crippen molar-refractivity contribution in [3.8, 4) is 0 Å². The Balaban J connectivity index is 2.22. The summed E-state index contributed by atoms with van der Waals surface area (Å²) < 4.78 is 13.7. The molecule has 0 amide bonds. The van der Waals surface area contributed by atoms with Gasteiger partial charge in [-0.25, -0.2) is 4.39 Å². The highest BCUT2D eigenvalue weighted by atomic mass is 35.5. The van der Waals surface area contributed by atoms with Crippen LogP contribution in [0.1, 0.15) is 18.5 Å². The van der Waals surface area contributed by atoms with Crippen LogP contribution in [-0.2, 0) is 0 Å². The number of non-ortho nitro benzene ring substituents is 1. The average molecular weight is 295 g/mol. The van der Waals surface area contributed by atoms with Crippen molar-refractivity contribution in [1.29, 1.82) is 0 Å².